The predicted molar refractivity (Wildman–Crippen MR) is 190 cm³/mol. The summed E-state index contributed by atoms with van der Waals surface area (Å²) in [6.45, 7) is 11.0. The number of amides is 2. The number of hydrogen-bond donors (Lipinski definition) is 4. The van der Waals surface area contributed by atoms with Crippen LogP contribution < -0.4 is 16.0 Å². The first-order valence-electron chi connectivity index (χ1n) is 16.9. The summed E-state index contributed by atoms with van der Waals surface area (Å²) in [6.07, 6.45) is 0.483. The van der Waals surface area contributed by atoms with Gasteiger partial charge in [-0.05, 0) is 72.9 Å². The number of aryl methyl sites for hydroxylation is 1. The normalized spacial score (nSPS) is 16.2. The zero-order chi connectivity index (χ0) is 36.0. The third kappa shape index (κ3) is 10.4. The zero-order valence-corrected chi connectivity index (χ0v) is 30.2. The minimum atomic E-state index is -3.96. The smallest absolute Gasteiger partial charge is 0.243 e. The van der Waals surface area contributed by atoms with Gasteiger partial charge in [-0.25, -0.2) is 12.8 Å². The molecule has 1 aliphatic rings. The molecule has 0 spiro atoms. The van der Waals surface area contributed by atoms with E-state index in [-0.39, 0.29) is 42.7 Å². The number of sulfonamides is 1. The Kier molecular flexibility index (Phi) is 12.4. The Morgan fingerprint density at radius 2 is 1.59 bits per heavy atom. The molecule has 0 aliphatic heterocycles. The molecule has 3 aromatic rings. The molecular formula is C38H51FN4O5S. The van der Waals surface area contributed by atoms with E-state index >= 15 is 0 Å². The van der Waals surface area contributed by atoms with E-state index in [1.807, 2.05) is 77.9 Å². The maximum Gasteiger partial charge on any atom is 0.243 e. The molecule has 2 amide bonds. The number of aliphatic hydroxyl groups is 1. The van der Waals surface area contributed by atoms with Crippen LogP contribution in [0.1, 0.15) is 64.2 Å². The van der Waals surface area contributed by atoms with E-state index in [0.717, 1.165) is 29.5 Å². The SMILES string of the molecule is Cc1ccc(S(=O)(=O)N(CC(C)C)CC(O)C(Cc2ccccc2)NC(=O)C(NC(=O)CNC2(c3cccc(F)c3)CC2)C(C)(C)C)cc1. The van der Waals surface area contributed by atoms with Crippen molar-refractivity contribution in [1.29, 1.82) is 0 Å². The van der Waals surface area contributed by atoms with Gasteiger partial charge >= 0.3 is 0 Å². The highest BCUT2D eigenvalue weighted by Crippen LogP contribution is 2.45. The molecule has 0 radical (unpaired) electrons. The molecule has 1 aliphatic carbocycles. The number of nitrogens with one attached hydrogen (secondary N) is 3. The van der Waals surface area contributed by atoms with Gasteiger partial charge in [-0.15, -0.1) is 0 Å². The molecule has 11 heteroatoms. The quantitative estimate of drug-likeness (QED) is 0.173. The van der Waals surface area contributed by atoms with Crippen molar-refractivity contribution in [3.63, 3.8) is 0 Å². The molecule has 0 heterocycles. The molecule has 3 aromatic carbocycles. The van der Waals surface area contributed by atoms with Crippen molar-refractivity contribution < 1.29 is 27.5 Å². The fourth-order valence-electron chi connectivity index (χ4n) is 5.91. The number of nitrogens with zero attached hydrogens (tertiary/aromatic N) is 1. The van der Waals surface area contributed by atoms with Gasteiger partial charge in [0, 0.05) is 18.6 Å². The van der Waals surface area contributed by atoms with Crippen LogP contribution in [0.4, 0.5) is 4.39 Å². The summed E-state index contributed by atoms with van der Waals surface area (Å²) in [7, 11) is -3.96. The summed E-state index contributed by atoms with van der Waals surface area (Å²) < 4.78 is 42.7. The minimum Gasteiger partial charge on any atom is -0.390 e. The second-order valence-electron chi connectivity index (χ2n) is 14.7. The second-order valence-corrected chi connectivity index (χ2v) is 16.7. The van der Waals surface area contributed by atoms with E-state index in [1.54, 1.807) is 30.3 Å². The van der Waals surface area contributed by atoms with Crippen LogP contribution in [0.15, 0.2) is 83.8 Å². The zero-order valence-electron chi connectivity index (χ0n) is 29.4. The number of benzene rings is 3. The van der Waals surface area contributed by atoms with Gasteiger partial charge in [0.1, 0.15) is 11.9 Å². The van der Waals surface area contributed by atoms with Crippen molar-refractivity contribution in [3.8, 4) is 0 Å². The fraction of sp³-hybridized carbons (Fsp3) is 0.474. The van der Waals surface area contributed by atoms with Crippen molar-refractivity contribution >= 4 is 21.8 Å². The lowest BCUT2D eigenvalue weighted by Crippen LogP contribution is -2.59. The summed E-state index contributed by atoms with van der Waals surface area (Å²) in [5.41, 5.74) is 1.36. The third-order valence-electron chi connectivity index (χ3n) is 8.86. The average molecular weight is 695 g/mol. The lowest BCUT2D eigenvalue weighted by molar-refractivity contribution is -0.132. The van der Waals surface area contributed by atoms with Crippen LogP contribution in [0.2, 0.25) is 0 Å². The van der Waals surface area contributed by atoms with Gasteiger partial charge in [0.25, 0.3) is 0 Å². The van der Waals surface area contributed by atoms with Crippen LogP contribution in [0.3, 0.4) is 0 Å². The molecule has 1 saturated carbocycles. The number of halogens is 1. The van der Waals surface area contributed by atoms with Crippen LogP contribution in [-0.2, 0) is 31.6 Å². The molecule has 0 saturated heterocycles. The number of aliphatic hydroxyl groups excluding tert-OH is 1. The molecule has 4 N–H and O–H groups in total. The average Bonchev–Trinajstić information content (AvgIpc) is 3.83. The first kappa shape index (κ1) is 38.2. The highest BCUT2D eigenvalue weighted by molar-refractivity contribution is 7.89. The molecule has 266 valence electrons. The highest BCUT2D eigenvalue weighted by Gasteiger charge is 2.45. The number of carbonyl (C=O) groups is 2. The van der Waals surface area contributed by atoms with E-state index in [0.29, 0.717) is 0 Å². The van der Waals surface area contributed by atoms with Gasteiger partial charge in [0.05, 0.1) is 23.6 Å². The van der Waals surface area contributed by atoms with Gasteiger partial charge in [0.2, 0.25) is 21.8 Å². The number of rotatable bonds is 16. The van der Waals surface area contributed by atoms with Crippen LogP contribution >= 0.6 is 0 Å². The first-order chi connectivity index (χ1) is 23.0. The van der Waals surface area contributed by atoms with Crippen molar-refractivity contribution in [2.75, 3.05) is 19.6 Å². The minimum absolute atomic E-state index is 0.0284. The standard InChI is InChI=1S/C38H51FN4O5S/c1-26(2)24-43(49(47,48)31-17-15-27(3)16-18-31)25-33(44)32(21-28-11-8-7-9-12-28)41-36(46)35(37(4,5)6)42-34(45)23-40-38(19-20-38)29-13-10-14-30(39)22-29/h7-18,22,26,32-33,35,40,44H,19-21,23-25H2,1-6H3,(H,41,46)(H,42,45). The van der Waals surface area contributed by atoms with Crippen molar-refractivity contribution in [2.24, 2.45) is 11.3 Å². The molecule has 0 bridgehead atoms. The van der Waals surface area contributed by atoms with Crippen LogP contribution in [0.25, 0.3) is 0 Å². The first-order valence-corrected chi connectivity index (χ1v) is 18.3. The van der Waals surface area contributed by atoms with Gasteiger partial charge in [-0.3, -0.25) is 14.9 Å². The van der Waals surface area contributed by atoms with Crippen molar-refractivity contribution in [2.45, 2.75) is 89.4 Å². The van der Waals surface area contributed by atoms with E-state index in [2.05, 4.69) is 16.0 Å². The Morgan fingerprint density at radius 3 is 2.16 bits per heavy atom. The monoisotopic (exact) mass is 694 g/mol. The summed E-state index contributed by atoms with van der Waals surface area (Å²) in [6, 6.07) is 20.4. The van der Waals surface area contributed by atoms with Gasteiger partial charge in [-0.2, -0.15) is 4.31 Å². The lowest BCUT2D eigenvalue weighted by atomic mass is 9.85. The molecular weight excluding hydrogens is 644 g/mol. The summed E-state index contributed by atoms with van der Waals surface area (Å²) in [5, 5.41) is 20.8. The molecule has 0 aromatic heterocycles. The largest absolute Gasteiger partial charge is 0.390 e. The number of carbonyl (C=O) groups excluding carboxylic acids is 2. The topological polar surface area (TPSA) is 128 Å². The van der Waals surface area contributed by atoms with Crippen LogP contribution in [-0.4, -0.2) is 67.5 Å². The molecule has 1 fully saturated rings. The van der Waals surface area contributed by atoms with E-state index in [4.69, 9.17) is 0 Å². The van der Waals surface area contributed by atoms with E-state index in [1.165, 1.54) is 16.4 Å². The van der Waals surface area contributed by atoms with E-state index < -0.39 is 51.0 Å². The fourth-order valence-corrected chi connectivity index (χ4v) is 7.53. The molecule has 3 atom stereocenters. The maximum atomic E-state index is 14.0. The Balaban J connectivity index is 1.52. The molecule has 9 nitrogen and oxygen atoms in total. The third-order valence-corrected chi connectivity index (χ3v) is 10.7. The highest BCUT2D eigenvalue weighted by atomic mass is 32.2. The van der Waals surface area contributed by atoms with Gasteiger partial charge in [0.15, 0.2) is 0 Å². The van der Waals surface area contributed by atoms with Crippen molar-refractivity contribution in [1.82, 2.24) is 20.3 Å². The van der Waals surface area contributed by atoms with Gasteiger partial charge in [-0.1, -0.05) is 94.8 Å². The molecule has 3 unspecified atom stereocenters. The molecule has 49 heavy (non-hydrogen) atoms. The predicted octanol–water partition coefficient (Wildman–Crippen LogP) is 4.68. The Morgan fingerprint density at radius 1 is 0.939 bits per heavy atom. The lowest BCUT2D eigenvalue weighted by Gasteiger charge is -2.34. The Hall–Kier alpha value is -3.64. The van der Waals surface area contributed by atoms with Crippen LogP contribution in [0, 0.1) is 24.1 Å². The molecule has 4 rings (SSSR count). The summed E-state index contributed by atoms with van der Waals surface area (Å²) in [4.78, 5) is 27.4. The summed E-state index contributed by atoms with van der Waals surface area (Å²) in [5.74, 6) is -1.26. The Bertz CT molecular complexity index is 1670. The van der Waals surface area contributed by atoms with E-state index in [9.17, 15) is 27.5 Å². The van der Waals surface area contributed by atoms with Gasteiger partial charge < -0.3 is 15.7 Å². The number of hydrogen-bond acceptors (Lipinski definition) is 6. The Labute approximate surface area is 290 Å². The second kappa shape index (κ2) is 15.9. The van der Waals surface area contributed by atoms with Crippen LogP contribution in [0.5, 0.6) is 0 Å². The maximum absolute atomic E-state index is 14.0. The summed E-state index contributed by atoms with van der Waals surface area (Å²) >= 11 is 0. The van der Waals surface area contributed by atoms with Crippen molar-refractivity contribution in [3.05, 3.63) is 101 Å².